The number of benzene rings is 2. The minimum atomic E-state index is -0.594. The van der Waals surface area contributed by atoms with Gasteiger partial charge < -0.3 is 5.32 Å². The first-order chi connectivity index (χ1) is 15.5. The third kappa shape index (κ3) is 5.07. The average molecular weight is 482 g/mol. The van der Waals surface area contributed by atoms with Crippen molar-refractivity contribution in [3.05, 3.63) is 98.3 Å². The number of amides is 1. The summed E-state index contributed by atoms with van der Waals surface area (Å²) in [6.07, 6.45) is 2.47. The number of rotatable bonds is 7. The summed E-state index contributed by atoms with van der Waals surface area (Å²) >= 11 is 8.49. The van der Waals surface area contributed by atoms with Gasteiger partial charge in [-0.25, -0.2) is 4.68 Å². The second kappa shape index (κ2) is 9.81. The fourth-order valence-electron chi connectivity index (χ4n) is 2.79. The number of pyridine rings is 1. The molecule has 0 saturated heterocycles. The van der Waals surface area contributed by atoms with Gasteiger partial charge in [-0.2, -0.15) is 0 Å². The molecule has 11 heteroatoms. The lowest BCUT2D eigenvalue weighted by atomic mass is 10.2. The highest BCUT2D eigenvalue weighted by Crippen LogP contribution is 2.27. The summed E-state index contributed by atoms with van der Waals surface area (Å²) in [7, 11) is 0. The zero-order valence-corrected chi connectivity index (χ0v) is 18.8. The molecule has 0 atom stereocenters. The van der Waals surface area contributed by atoms with Crippen LogP contribution in [-0.2, 0) is 5.75 Å². The van der Waals surface area contributed by atoms with E-state index < -0.39 is 10.8 Å². The number of hydrogen-bond donors (Lipinski definition) is 1. The molecule has 0 aliphatic rings. The number of hydrogen-bond acceptors (Lipinski definition) is 8. The summed E-state index contributed by atoms with van der Waals surface area (Å²) < 4.78 is 3.11. The maximum atomic E-state index is 12.5. The van der Waals surface area contributed by atoms with Crippen molar-refractivity contribution in [2.24, 2.45) is 0 Å². The smallest absolute Gasteiger partial charge is 0.310 e. The molecule has 0 unspecified atom stereocenters. The van der Waals surface area contributed by atoms with Gasteiger partial charge in [-0.3, -0.25) is 19.9 Å². The Labute approximate surface area is 196 Å². The van der Waals surface area contributed by atoms with Gasteiger partial charge in [0.1, 0.15) is 11.9 Å². The van der Waals surface area contributed by atoms with E-state index in [1.165, 1.54) is 29.2 Å². The standard InChI is InChI=1S/C21H15N5O3S3/c27-19(23-17-10-11-22-12-18(17)26(28)29)15-6-8-16(9-7-15)25-21(30)32-20(24-25)31-13-14-4-2-1-3-5-14/h1-12H,13H2,(H,22,23,27). The number of anilines is 1. The van der Waals surface area contributed by atoms with Gasteiger partial charge in [0.25, 0.3) is 5.91 Å². The summed E-state index contributed by atoms with van der Waals surface area (Å²) in [6, 6.07) is 18.2. The van der Waals surface area contributed by atoms with E-state index in [1.807, 2.05) is 18.2 Å². The molecule has 0 aliphatic carbocycles. The fraction of sp³-hybridized carbons (Fsp3) is 0.0476. The lowest BCUT2D eigenvalue weighted by molar-refractivity contribution is -0.384. The fourth-order valence-corrected chi connectivity index (χ4v) is 5.10. The van der Waals surface area contributed by atoms with Crippen molar-refractivity contribution in [2.45, 2.75) is 10.1 Å². The molecule has 0 saturated carbocycles. The Morgan fingerprint density at radius 1 is 1.16 bits per heavy atom. The zero-order chi connectivity index (χ0) is 22.5. The molecule has 4 rings (SSSR count). The van der Waals surface area contributed by atoms with E-state index in [4.69, 9.17) is 12.2 Å². The van der Waals surface area contributed by atoms with Crippen LogP contribution in [0.2, 0.25) is 0 Å². The molecular weight excluding hydrogens is 466 g/mol. The van der Waals surface area contributed by atoms with Gasteiger partial charge in [0.15, 0.2) is 8.29 Å². The molecule has 0 bridgehead atoms. The van der Waals surface area contributed by atoms with Crippen LogP contribution in [0.25, 0.3) is 5.69 Å². The van der Waals surface area contributed by atoms with E-state index in [9.17, 15) is 14.9 Å². The van der Waals surface area contributed by atoms with Crippen LogP contribution in [-0.4, -0.2) is 25.6 Å². The van der Waals surface area contributed by atoms with Gasteiger partial charge in [0.05, 0.1) is 10.6 Å². The maximum absolute atomic E-state index is 12.5. The lowest BCUT2D eigenvalue weighted by Crippen LogP contribution is -2.13. The number of aromatic nitrogens is 3. The van der Waals surface area contributed by atoms with E-state index in [0.717, 1.165) is 22.0 Å². The largest absolute Gasteiger partial charge is 0.316 e. The van der Waals surface area contributed by atoms with Crippen molar-refractivity contribution in [2.75, 3.05) is 5.32 Å². The summed E-state index contributed by atoms with van der Waals surface area (Å²) in [5.74, 6) is 0.329. The molecule has 2 heterocycles. The van der Waals surface area contributed by atoms with Crippen LogP contribution < -0.4 is 5.32 Å². The molecule has 4 aromatic rings. The number of nitrogens with one attached hydrogen (secondary N) is 1. The van der Waals surface area contributed by atoms with Crippen molar-refractivity contribution >= 4 is 52.6 Å². The van der Waals surface area contributed by atoms with Crippen LogP contribution in [0.3, 0.4) is 0 Å². The van der Waals surface area contributed by atoms with Crippen LogP contribution in [0.1, 0.15) is 15.9 Å². The van der Waals surface area contributed by atoms with Gasteiger partial charge in [-0.1, -0.05) is 53.4 Å². The van der Waals surface area contributed by atoms with Gasteiger partial charge in [-0.15, -0.1) is 5.10 Å². The van der Waals surface area contributed by atoms with Crippen LogP contribution in [0.15, 0.2) is 77.4 Å². The third-order valence-corrected chi connectivity index (χ3v) is 6.79. The van der Waals surface area contributed by atoms with Crippen molar-refractivity contribution < 1.29 is 9.72 Å². The molecule has 1 N–H and O–H groups in total. The topological polar surface area (TPSA) is 103 Å². The molecule has 0 radical (unpaired) electrons. The van der Waals surface area contributed by atoms with Crippen LogP contribution in [0.5, 0.6) is 0 Å². The van der Waals surface area contributed by atoms with Crippen molar-refractivity contribution in [1.29, 1.82) is 0 Å². The van der Waals surface area contributed by atoms with Gasteiger partial charge in [0, 0.05) is 17.5 Å². The zero-order valence-electron chi connectivity index (χ0n) is 16.4. The quantitative estimate of drug-likeness (QED) is 0.161. The maximum Gasteiger partial charge on any atom is 0.310 e. The lowest BCUT2D eigenvalue weighted by Gasteiger charge is -2.06. The minimum absolute atomic E-state index is 0.0841. The highest BCUT2D eigenvalue weighted by Gasteiger charge is 2.16. The first-order valence-electron chi connectivity index (χ1n) is 9.28. The predicted molar refractivity (Wildman–Crippen MR) is 127 cm³/mol. The average Bonchev–Trinajstić information content (AvgIpc) is 3.19. The first kappa shape index (κ1) is 21.8. The van der Waals surface area contributed by atoms with Crippen molar-refractivity contribution in [3.8, 4) is 5.69 Å². The van der Waals surface area contributed by atoms with Gasteiger partial charge in [-0.05, 0) is 48.1 Å². The van der Waals surface area contributed by atoms with E-state index in [0.29, 0.717) is 9.52 Å². The molecule has 0 aliphatic heterocycles. The molecule has 1 amide bonds. The van der Waals surface area contributed by atoms with Crippen molar-refractivity contribution in [1.82, 2.24) is 14.8 Å². The Bertz CT molecular complexity index is 1320. The molecule has 160 valence electrons. The molecule has 0 spiro atoms. The highest BCUT2D eigenvalue weighted by molar-refractivity contribution is 8.00. The Kier molecular flexibility index (Phi) is 6.69. The Hall–Kier alpha value is -3.41. The number of nitrogens with zero attached hydrogens (tertiary/aromatic N) is 4. The number of nitro groups is 1. The van der Waals surface area contributed by atoms with Gasteiger partial charge >= 0.3 is 5.69 Å². The Morgan fingerprint density at radius 2 is 1.91 bits per heavy atom. The second-order valence-electron chi connectivity index (χ2n) is 6.47. The van der Waals surface area contributed by atoms with E-state index in [-0.39, 0.29) is 11.4 Å². The third-order valence-electron chi connectivity index (χ3n) is 4.35. The van der Waals surface area contributed by atoms with E-state index >= 15 is 0 Å². The van der Waals surface area contributed by atoms with E-state index in [1.54, 1.807) is 40.7 Å². The minimum Gasteiger partial charge on any atom is -0.316 e. The monoisotopic (exact) mass is 481 g/mol. The Balaban J connectivity index is 1.47. The number of carbonyl (C=O) groups excluding carboxylic acids is 1. The van der Waals surface area contributed by atoms with Crippen molar-refractivity contribution in [3.63, 3.8) is 0 Å². The molecule has 2 aromatic carbocycles. The normalized spacial score (nSPS) is 10.6. The summed E-state index contributed by atoms with van der Waals surface area (Å²) in [5.41, 5.74) is 2.09. The number of thioether (sulfide) groups is 1. The SMILES string of the molecule is O=C(Nc1ccncc1[N+](=O)[O-])c1ccc(-n2nc(SCc3ccccc3)sc2=S)cc1. The molecule has 32 heavy (non-hydrogen) atoms. The van der Waals surface area contributed by atoms with E-state index in [2.05, 4.69) is 27.5 Å². The first-order valence-corrected chi connectivity index (χ1v) is 11.5. The van der Waals surface area contributed by atoms with Crippen LogP contribution in [0, 0.1) is 14.1 Å². The molecule has 2 aromatic heterocycles. The second-order valence-corrected chi connectivity index (χ2v) is 9.32. The Morgan fingerprint density at radius 3 is 2.62 bits per heavy atom. The summed E-state index contributed by atoms with van der Waals surface area (Å²) in [6.45, 7) is 0. The van der Waals surface area contributed by atoms with Crippen LogP contribution in [0.4, 0.5) is 11.4 Å². The molecule has 0 fully saturated rings. The highest BCUT2D eigenvalue weighted by atomic mass is 32.2. The predicted octanol–water partition coefficient (Wildman–Crippen LogP) is 5.51. The summed E-state index contributed by atoms with van der Waals surface area (Å²) in [5, 5.41) is 18.2. The summed E-state index contributed by atoms with van der Waals surface area (Å²) in [4.78, 5) is 26.8. The molecular formula is C21H15N5O3S3. The van der Waals surface area contributed by atoms with Gasteiger partial charge in [0.2, 0.25) is 0 Å². The molecule has 8 nitrogen and oxygen atoms in total. The number of carbonyl (C=O) groups is 1. The van der Waals surface area contributed by atoms with Crippen LogP contribution >= 0.6 is 35.3 Å².